The lowest BCUT2D eigenvalue weighted by molar-refractivity contribution is 0.113. The minimum atomic E-state index is -0.233. The zero-order chi connectivity index (χ0) is 15.9. The minimum Gasteiger partial charge on any atom is -0.390 e. The van der Waals surface area contributed by atoms with Crippen molar-refractivity contribution in [3.63, 3.8) is 0 Å². The van der Waals surface area contributed by atoms with Crippen LogP contribution >= 0.6 is 0 Å². The van der Waals surface area contributed by atoms with Crippen molar-refractivity contribution in [2.24, 2.45) is 0 Å². The Kier molecular flexibility index (Phi) is 6.39. The van der Waals surface area contributed by atoms with Gasteiger partial charge < -0.3 is 15.3 Å². The van der Waals surface area contributed by atoms with Crippen LogP contribution in [0.5, 0.6) is 0 Å². The quantitative estimate of drug-likeness (QED) is 0.788. The van der Waals surface area contributed by atoms with Crippen LogP contribution in [0.2, 0.25) is 0 Å². The smallest absolute Gasteiger partial charge is 0.0791 e. The van der Waals surface area contributed by atoms with Crippen LogP contribution in [0.4, 0.5) is 0 Å². The Labute approximate surface area is 139 Å². The predicted molar refractivity (Wildman–Crippen MR) is 92.2 cm³/mol. The molecule has 2 saturated heterocycles. The number of aromatic nitrogens is 1. The average molecular weight is 318 g/mol. The van der Waals surface area contributed by atoms with Gasteiger partial charge in [-0.05, 0) is 69.6 Å². The summed E-state index contributed by atoms with van der Waals surface area (Å²) in [6.45, 7) is 7.14. The van der Waals surface area contributed by atoms with Crippen molar-refractivity contribution < 1.29 is 5.11 Å². The Morgan fingerprint density at radius 2 is 1.78 bits per heavy atom. The van der Waals surface area contributed by atoms with Crippen LogP contribution in [0.15, 0.2) is 24.5 Å². The maximum Gasteiger partial charge on any atom is 0.0791 e. The molecule has 1 atom stereocenters. The molecule has 5 heteroatoms. The number of nitrogens with one attached hydrogen (secondary N) is 1. The fourth-order valence-electron chi connectivity index (χ4n) is 3.67. The van der Waals surface area contributed by atoms with Gasteiger partial charge in [-0.15, -0.1) is 0 Å². The van der Waals surface area contributed by atoms with E-state index in [0.717, 1.165) is 45.8 Å². The second kappa shape index (κ2) is 8.73. The highest BCUT2D eigenvalue weighted by molar-refractivity contribution is 5.09. The summed E-state index contributed by atoms with van der Waals surface area (Å²) in [4.78, 5) is 8.96. The number of rotatable bonds is 7. The highest BCUT2D eigenvalue weighted by Crippen LogP contribution is 2.14. The third-order valence-electron chi connectivity index (χ3n) is 5.05. The van der Waals surface area contributed by atoms with Gasteiger partial charge in [-0.1, -0.05) is 0 Å². The first-order valence-corrected chi connectivity index (χ1v) is 9.04. The first kappa shape index (κ1) is 16.8. The number of aliphatic hydroxyl groups excluding tert-OH is 1. The van der Waals surface area contributed by atoms with Gasteiger partial charge in [0.25, 0.3) is 0 Å². The van der Waals surface area contributed by atoms with E-state index in [2.05, 4.69) is 32.2 Å². The van der Waals surface area contributed by atoms with Crippen molar-refractivity contribution in [1.82, 2.24) is 20.1 Å². The zero-order valence-corrected chi connectivity index (χ0v) is 14.0. The molecule has 23 heavy (non-hydrogen) atoms. The lowest BCUT2D eigenvalue weighted by Gasteiger charge is -2.33. The SMILES string of the molecule is OC(CNC1CCN(Cc2ccncc2)CC1)CN1CCCC1. The summed E-state index contributed by atoms with van der Waals surface area (Å²) in [6, 6.07) is 4.75. The summed E-state index contributed by atoms with van der Waals surface area (Å²) >= 11 is 0. The second-order valence-corrected chi connectivity index (χ2v) is 6.98. The first-order chi connectivity index (χ1) is 11.3. The van der Waals surface area contributed by atoms with Crippen molar-refractivity contribution in [1.29, 1.82) is 0 Å². The minimum absolute atomic E-state index is 0.233. The highest BCUT2D eigenvalue weighted by Gasteiger charge is 2.21. The van der Waals surface area contributed by atoms with Gasteiger partial charge in [0.05, 0.1) is 6.10 Å². The van der Waals surface area contributed by atoms with Gasteiger partial charge in [0, 0.05) is 38.1 Å². The van der Waals surface area contributed by atoms with Gasteiger partial charge in [0.15, 0.2) is 0 Å². The molecule has 1 aromatic heterocycles. The molecule has 128 valence electrons. The van der Waals surface area contributed by atoms with E-state index in [1.807, 2.05) is 12.4 Å². The number of nitrogens with zero attached hydrogens (tertiary/aromatic N) is 3. The number of piperidine rings is 1. The normalized spacial score (nSPS) is 22.5. The molecule has 0 aromatic carbocycles. The summed E-state index contributed by atoms with van der Waals surface area (Å²) in [6.07, 6.45) is 8.41. The molecule has 2 aliphatic rings. The van der Waals surface area contributed by atoms with E-state index in [4.69, 9.17) is 0 Å². The third-order valence-corrected chi connectivity index (χ3v) is 5.05. The predicted octanol–water partition coefficient (Wildman–Crippen LogP) is 1.09. The molecule has 2 aliphatic heterocycles. The molecule has 3 rings (SSSR count). The summed E-state index contributed by atoms with van der Waals surface area (Å²) in [5.41, 5.74) is 1.34. The lowest BCUT2D eigenvalue weighted by atomic mass is 10.0. The van der Waals surface area contributed by atoms with Gasteiger partial charge in [-0.2, -0.15) is 0 Å². The summed E-state index contributed by atoms with van der Waals surface area (Å²) in [5, 5.41) is 13.7. The van der Waals surface area contributed by atoms with Crippen molar-refractivity contribution in [3.05, 3.63) is 30.1 Å². The van der Waals surface area contributed by atoms with Crippen molar-refractivity contribution in [3.8, 4) is 0 Å². The molecule has 1 unspecified atom stereocenters. The van der Waals surface area contributed by atoms with Gasteiger partial charge in [-0.25, -0.2) is 0 Å². The monoisotopic (exact) mass is 318 g/mol. The molecular formula is C18H30N4O. The van der Waals surface area contributed by atoms with Crippen LogP contribution in [0, 0.1) is 0 Å². The molecule has 0 spiro atoms. The number of aliphatic hydroxyl groups is 1. The van der Waals surface area contributed by atoms with Crippen LogP contribution < -0.4 is 5.32 Å². The maximum absolute atomic E-state index is 10.2. The van der Waals surface area contributed by atoms with Crippen molar-refractivity contribution in [2.45, 2.75) is 44.4 Å². The van der Waals surface area contributed by atoms with Crippen LogP contribution in [-0.4, -0.2) is 71.3 Å². The first-order valence-electron chi connectivity index (χ1n) is 9.04. The van der Waals surface area contributed by atoms with E-state index in [1.54, 1.807) is 0 Å². The molecule has 0 amide bonds. The molecule has 1 aromatic rings. The average Bonchev–Trinajstić information content (AvgIpc) is 3.08. The van der Waals surface area contributed by atoms with Gasteiger partial charge in [-0.3, -0.25) is 9.88 Å². The zero-order valence-electron chi connectivity index (χ0n) is 14.0. The van der Waals surface area contributed by atoms with E-state index in [-0.39, 0.29) is 6.10 Å². The summed E-state index contributed by atoms with van der Waals surface area (Å²) in [5.74, 6) is 0. The maximum atomic E-state index is 10.2. The molecule has 2 N–H and O–H groups in total. The Balaban J connectivity index is 1.31. The number of hydrogen-bond acceptors (Lipinski definition) is 5. The Hall–Kier alpha value is -1.01. The fourth-order valence-corrected chi connectivity index (χ4v) is 3.67. The summed E-state index contributed by atoms with van der Waals surface area (Å²) < 4.78 is 0. The topological polar surface area (TPSA) is 51.6 Å². The molecule has 5 nitrogen and oxygen atoms in total. The van der Waals surface area contributed by atoms with Crippen molar-refractivity contribution in [2.75, 3.05) is 39.3 Å². The number of hydrogen-bond donors (Lipinski definition) is 2. The van der Waals surface area contributed by atoms with Gasteiger partial charge in [0.2, 0.25) is 0 Å². The molecule has 3 heterocycles. The van der Waals surface area contributed by atoms with Crippen molar-refractivity contribution >= 4 is 0 Å². The molecule has 0 saturated carbocycles. The Morgan fingerprint density at radius 1 is 1.09 bits per heavy atom. The summed E-state index contributed by atoms with van der Waals surface area (Å²) in [7, 11) is 0. The largest absolute Gasteiger partial charge is 0.390 e. The number of likely N-dealkylation sites (tertiary alicyclic amines) is 2. The standard InChI is InChI=1S/C18H30N4O/c23-18(15-21-9-1-2-10-21)13-20-17-5-11-22(12-6-17)14-16-3-7-19-8-4-16/h3-4,7-8,17-18,20,23H,1-2,5-6,9-15H2. The van der Waals surface area contributed by atoms with E-state index in [1.165, 1.54) is 31.2 Å². The van der Waals surface area contributed by atoms with E-state index < -0.39 is 0 Å². The van der Waals surface area contributed by atoms with Gasteiger partial charge >= 0.3 is 0 Å². The van der Waals surface area contributed by atoms with Crippen LogP contribution in [-0.2, 0) is 6.54 Å². The molecular weight excluding hydrogens is 288 g/mol. The van der Waals surface area contributed by atoms with E-state index in [0.29, 0.717) is 6.04 Å². The van der Waals surface area contributed by atoms with Gasteiger partial charge in [0.1, 0.15) is 0 Å². The Morgan fingerprint density at radius 3 is 2.48 bits per heavy atom. The van der Waals surface area contributed by atoms with E-state index >= 15 is 0 Å². The third kappa shape index (κ3) is 5.53. The van der Waals surface area contributed by atoms with Crippen LogP contribution in [0.1, 0.15) is 31.2 Å². The van der Waals surface area contributed by atoms with Crippen LogP contribution in [0.3, 0.4) is 0 Å². The molecule has 0 bridgehead atoms. The molecule has 2 fully saturated rings. The Bertz CT molecular complexity index is 442. The fraction of sp³-hybridized carbons (Fsp3) is 0.722. The number of pyridine rings is 1. The van der Waals surface area contributed by atoms with Crippen LogP contribution in [0.25, 0.3) is 0 Å². The van der Waals surface area contributed by atoms with E-state index in [9.17, 15) is 5.11 Å². The number of β-amino-alcohol motifs (C(OH)–C–C–N with tert-alkyl or cyclic N) is 1. The molecule has 0 aliphatic carbocycles. The lowest BCUT2D eigenvalue weighted by Crippen LogP contribution is -2.46. The second-order valence-electron chi connectivity index (χ2n) is 6.98. The molecule has 0 radical (unpaired) electrons. The highest BCUT2D eigenvalue weighted by atomic mass is 16.3.